The number of carbonyl (C=O) groups excluding carboxylic acids is 1. The van der Waals surface area contributed by atoms with Gasteiger partial charge in [0.05, 0.1) is 0 Å². The summed E-state index contributed by atoms with van der Waals surface area (Å²) in [5, 5.41) is 12.8. The molecule has 1 heterocycles. The summed E-state index contributed by atoms with van der Waals surface area (Å²) >= 11 is 4.97. The first-order valence-electron chi connectivity index (χ1n) is 6.76. The summed E-state index contributed by atoms with van der Waals surface area (Å²) in [5.74, 6) is -0.602. The van der Waals surface area contributed by atoms with Gasteiger partial charge >= 0.3 is 5.97 Å². The maximum atomic E-state index is 12.1. The molecule has 0 spiro atoms. The van der Waals surface area contributed by atoms with Gasteiger partial charge in [-0.25, -0.2) is 4.79 Å². The Bertz CT molecular complexity index is 686. The zero-order valence-electron chi connectivity index (χ0n) is 12.1. The average molecular weight is 385 g/mol. The number of hydrogen-bond donors (Lipinski definition) is 2. The van der Waals surface area contributed by atoms with Crippen LogP contribution in [-0.2, 0) is 16.1 Å². The zero-order chi connectivity index (χ0) is 16.1. The summed E-state index contributed by atoms with van der Waals surface area (Å²) < 4.78 is 2.79. The first-order chi connectivity index (χ1) is 10.5. The molecule has 0 fully saturated rings. The summed E-state index contributed by atoms with van der Waals surface area (Å²) in [6.07, 6.45) is 4.15. The minimum absolute atomic E-state index is 0.105. The predicted molar refractivity (Wildman–Crippen MR) is 92.2 cm³/mol. The minimum atomic E-state index is -0.997. The van der Waals surface area contributed by atoms with Gasteiger partial charge in [-0.1, -0.05) is 15.9 Å². The minimum Gasteiger partial charge on any atom is -0.480 e. The van der Waals surface area contributed by atoms with E-state index in [2.05, 4.69) is 21.2 Å². The number of nitrogens with zero attached hydrogens (tertiary/aromatic N) is 1. The molecule has 1 aromatic carbocycles. The first-order valence-corrected chi connectivity index (χ1v) is 8.95. The van der Waals surface area contributed by atoms with Gasteiger partial charge in [0.15, 0.2) is 0 Å². The van der Waals surface area contributed by atoms with Crippen molar-refractivity contribution in [3.05, 3.63) is 34.9 Å². The van der Waals surface area contributed by atoms with Crippen LogP contribution in [0, 0.1) is 0 Å². The first kappa shape index (κ1) is 16.9. The Labute approximate surface area is 141 Å². The van der Waals surface area contributed by atoms with Gasteiger partial charge in [0.25, 0.3) is 0 Å². The quantitative estimate of drug-likeness (QED) is 0.769. The fraction of sp³-hybridized carbons (Fsp3) is 0.333. The van der Waals surface area contributed by atoms with E-state index < -0.39 is 12.0 Å². The maximum absolute atomic E-state index is 12.1. The topological polar surface area (TPSA) is 71.3 Å². The molecule has 118 valence electrons. The van der Waals surface area contributed by atoms with Crippen molar-refractivity contribution >= 4 is 50.5 Å². The number of halogens is 1. The average Bonchev–Trinajstić information content (AvgIpc) is 2.85. The molecule has 1 aromatic heterocycles. The summed E-state index contributed by atoms with van der Waals surface area (Å²) in [7, 11) is 0. The molecule has 0 radical (unpaired) electrons. The molecule has 1 atom stereocenters. The molecule has 2 N–H and O–H groups in total. The number of rotatable bonds is 7. The summed E-state index contributed by atoms with van der Waals surface area (Å²) in [6.45, 7) is 0.105. The number of thioether (sulfide) groups is 1. The molecule has 2 rings (SSSR count). The van der Waals surface area contributed by atoms with Crippen molar-refractivity contribution in [2.24, 2.45) is 0 Å². The Hall–Kier alpha value is -1.47. The summed E-state index contributed by atoms with van der Waals surface area (Å²) in [5.41, 5.74) is 0.939. The molecule has 2 aromatic rings. The number of aliphatic carboxylic acids is 1. The fourth-order valence-electron chi connectivity index (χ4n) is 2.20. The molecule has 0 aliphatic heterocycles. The second kappa shape index (κ2) is 7.69. The molecule has 1 unspecified atom stereocenters. The third-order valence-corrected chi connectivity index (χ3v) is 4.43. The van der Waals surface area contributed by atoms with E-state index in [1.54, 1.807) is 11.8 Å². The number of benzene rings is 1. The molecule has 0 saturated carbocycles. The van der Waals surface area contributed by atoms with Crippen LogP contribution in [-0.4, -0.2) is 39.6 Å². The molecule has 0 aliphatic rings. The number of carboxylic acid groups (broad SMARTS) is 1. The van der Waals surface area contributed by atoms with Crippen molar-refractivity contribution in [2.75, 3.05) is 12.0 Å². The van der Waals surface area contributed by atoms with E-state index >= 15 is 0 Å². The highest BCUT2D eigenvalue weighted by molar-refractivity contribution is 9.10. The lowest BCUT2D eigenvalue weighted by molar-refractivity contribution is -0.141. The lowest BCUT2D eigenvalue weighted by Crippen LogP contribution is -2.42. The number of amides is 1. The Kier molecular flexibility index (Phi) is 5.90. The van der Waals surface area contributed by atoms with Crippen LogP contribution in [0.25, 0.3) is 10.9 Å². The predicted octanol–water partition coefficient (Wildman–Crippen LogP) is 2.73. The third kappa shape index (κ3) is 4.27. The Morgan fingerprint density at radius 2 is 2.18 bits per heavy atom. The van der Waals surface area contributed by atoms with Gasteiger partial charge in [-0.3, -0.25) is 4.79 Å². The SMILES string of the molecule is CSCCC(NC(=O)Cn1ccc2cc(Br)ccc21)C(=O)O. The number of hydrogen-bond acceptors (Lipinski definition) is 3. The molecule has 5 nitrogen and oxygen atoms in total. The van der Waals surface area contributed by atoms with Crippen LogP contribution in [0.15, 0.2) is 34.9 Å². The normalized spacial score (nSPS) is 12.3. The van der Waals surface area contributed by atoms with Crippen LogP contribution < -0.4 is 5.32 Å². The lowest BCUT2D eigenvalue weighted by atomic mass is 10.2. The third-order valence-electron chi connectivity index (χ3n) is 3.29. The van der Waals surface area contributed by atoms with Crippen LogP contribution in [0.1, 0.15) is 6.42 Å². The summed E-state index contributed by atoms with van der Waals surface area (Å²) in [4.78, 5) is 23.2. The van der Waals surface area contributed by atoms with E-state index in [-0.39, 0.29) is 12.5 Å². The van der Waals surface area contributed by atoms with Gasteiger partial charge in [0.2, 0.25) is 5.91 Å². The second-order valence-corrected chi connectivity index (χ2v) is 6.79. The second-order valence-electron chi connectivity index (χ2n) is 4.89. The van der Waals surface area contributed by atoms with Gasteiger partial charge in [-0.2, -0.15) is 11.8 Å². The highest BCUT2D eigenvalue weighted by Gasteiger charge is 2.19. The van der Waals surface area contributed by atoms with Crippen molar-refractivity contribution in [2.45, 2.75) is 19.0 Å². The maximum Gasteiger partial charge on any atom is 0.326 e. The van der Waals surface area contributed by atoms with Crippen LogP contribution in [0.3, 0.4) is 0 Å². The Balaban J connectivity index is 2.05. The van der Waals surface area contributed by atoms with Crippen LogP contribution in [0.4, 0.5) is 0 Å². The van der Waals surface area contributed by atoms with Gasteiger partial charge in [0.1, 0.15) is 12.6 Å². The standard InChI is InChI=1S/C15H17BrN2O3S/c1-22-7-5-12(15(20)21)17-14(19)9-18-6-4-10-8-11(16)2-3-13(10)18/h2-4,6,8,12H,5,7,9H2,1H3,(H,17,19)(H,20,21). The van der Waals surface area contributed by atoms with Gasteiger partial charge < -0.3 is 15.0 Å². The van der Waals surface area contributed by atoms with E-state index in [1.807, 2.05) is 41.3 Å². The number of fused-ring (bicyclic) bond motifs is 1. The van der Waals surface area contributed by atoms with E-state index in [0.29, 0.717) is 12.2 Å². The molecular formula is C15H17BrN2O3S. The lowest BCUT2D eigenvalue weighted by Gasteiger charge is -2.14. The monoisotopic (exact) mass is 384 g/mol. The Morgan fingerprint density at radius 3 is 2.86 bits per heavy atom. The van der Waals surface area contributed by atoms with Crippen molar-refractivity contribution in [1.82, 2.24) is 9.88 Å². The highest BCUT2D eigenvalue weighted by Crippen LogP contribution is 2.20. The zero-order valence-corrected chi connectivity index (χ0v) is 14.5. The summed E-state index contributed by atoms with van der Waals surface area (Å²) in [6, 6.07) is 6.90. The molecule has 0 saturated heterocycles. The number of carboxylic acids is 1. The Morgan fingerprint density at radius 1 is 1.41 bits per heavy atom. The molecule has 0 bridgehead atoms. The number of carbonyl (C=O) groups is 2. The molecular weight excluding hydrogens is 368 g/mol. The van der Waals surface area contributed by atoms with Crippen molar-refractivity contribution in [3.8, 4) is 0 Å². The molecule has 22 heavy (non-hydrogen) atoms. The van der Waals surface area contributed by atoms with Crippen LogP contribution >= 0.6 is 27.7 Å². The van der Waals surface area contributed by atoms with Crippen molar-refractivity contribution in [1.29, 1.82) is 0 Å². The molecule has 0 aliphatic carbocycles. The van der Waals surface area contributed by atoms with Gasteiger partial charge in [-0.05, 0) is 42.7 Å². The van der Waals surface area contributed by atoms with E-state index in [9.17, 15) is 9.59 Å². The van der Waals surface area contributed by atoms with Crippen LogP contribution in [0.5, 0.6) is 0 Å². The van der Waals surface area contributed by atoms with Gasteiger partial charge in [0, 0.05) is 21.6 Å². The smallest absolute Gasteiger partial charge is 0.326 e. The van der Waals surface area contributed by atoms with Gasteiger partial charge in [-0.15, -0.1) is 0 Å². The van der Waals surface area contributed by atoms with Crippen LogP contribution in [0.2, 0.25) is 0 Å². The van der Waals surface area contributed by atoms with Crippen molar-refractivity contribution < 1.29 is 14.7 Å². The van der Waals surface area contributed by atoms with E-state index in [1.165, 1.54) is 0 Å². The highest BCUT2D eigenvalue weighted by atomic mass is 79.9. The largest absolute Gasteiger partial charge is 0.480 e. The molecule has 7 heteroatoms. The van der Waals surface area contributed by atoms with E-state index in [0.717, 1.165) is 15.4 Å². The van der Waals surface area contributed by atoms with Crippen molar-refractivity contribution in [3.63, 3.8) is 0 Å². The molecule has 1 amide bonds. The van der Waals surface area contributed by atoms with E-state index in [4.69, 9.17) is 5.11 Å². The number of nitrogens with one attached hydrogen (secondary N) is 1. The number of aromatic nitrogens is 1. The fourth-order valence-corrected chi connectivity index (χ4v) is 3.05.